The molecule has 3 saturated carbocycles. The largest absolute Gasteiger partial charge is 0.481 e. The van der Waals surface area contributed by atoms with Crippen molar-refractivity contribution in [2.45, 2.75) is 25.9 Å². The number of likely N-dealkylation sites (tertiary alicyclic amines) is 1. The Balaban J connectivity index is 1.23. The van der Waals surface area contributed by atoms with Crippen LogP contribution in [0.5, 0.6) is 0 Å². The van der Waals surface area contributed by atoms with Crippen LogP contribution in [0.4, 0.5) is 4.79 Å². The van der Waals surface area contributed by atoms with Gasteiger partial charge in [0.1, 0.15) is 6.61 Å². The van der Waals surface area contributed by atoms with Crippen LogP contribution < -0.4 is 0 Å². The average Bonchev–Trinajstić information content (AvgIpc) is 2.36. The van der Waals surface area contributed by atoms with E-state index in [1.165, 1.54) is 0 Å². The molecule has 116 valence electrons. The average molecular weight is 301 g/mol. The lowest BCUT2D eigenvalue weighted by Gasteiger charge is -2.73. The predicted octanol–water partition coefficient (Wildman–Crippen LogP) is 2.51. The van der Waals surface area contributed by atoms with Gasteiger partial charge in [-0.2, -0.15) is 0 Å². The molecule has 3 aliphatic carbocycles. The van der Waals surface area contributed by atoms with Crippen molar-refractivity contribution in [1.82, 2.24) is 4.90 Å². The van der Waals surface area contributed by atoms with E-state index in [0.29, 0.717) is 25.6 Å². The molecule has 0 radical (unpaired) electrons. The van der Waals surface area contributed by atoms with Crippen LogP contribution in [-0.2, 0) is 16.1 Å². The first-order chi connectivity index (χ1) is 10.5. The molecule has 1 heterocycles. The van der Waals surface area contributed by atoms with Crippen molar-refractivity contribution in [3.8, 4) is 0 Å². The van der Waals surface area contributed by atoms with Crippen molar-refractivity contribution < 1.29 is 19.4 Å². The SMILES string of the molecule is O=C(OCc1ccccc1)N1CC(C23CC(C(=O)O)(C2)C3)C1. The minimum atomic E-state index is -0.646. The van der Waals surface area contributed by atoms with Crippen LogP contribution >= 0.6 is 0 Å². The molecule has 1 saturated heterocycles. The van der Waals surface area contributed by atoms with E-state index in [9.17, 15) is 9.59 Å². The van der Waals surface area contributed by atoms with Gasteiger partial charge < -0.3 is 14.7 Å². The second-order valence-corrected chi connectivity index (χ2v) is 7.12. The van der Waals surface area contributed by atoms with Gasteiger partial charge in [-0.3, -0.25) is 4.79 Å². The molecule has 1 aliphatic heterocycles. The van der Waals surface area contributed by atoms with Gasteiger partial charge in [-0.05, 0) is 30.2 Å². The molecule has 1 aromatic rings. The standard InChI is InChI=1S/C17H19NO4/c19-14(20)17-9-16(10-17,11-17)13-6-18(7-13)15(21)22-8-12-4-2-1-3-5-12/h1-5,13H,6-11H2,(H,19,20). The van der Waals surface area contributed by atoms with E-state index < -0.39 is 11.4 Å². The Morgan fingerprint density at radius 1 is 1.18 bits per heavy atom. The minimum absolute atomic E-state index is 0.203. The Hall–Kier alpha value is -2.04. The lowest BCUT2D eigenvalue weighted by molar-refractivity contribution is -0.256. The summed E-state index contributed by atoms with van der Waals surface area (Å²) in [5.41, 5.74) is 0.763. The van der Waals surface area contributed by atoms with Crippen LogP contribution in [0.2, 0.25) is 0 Å². The summed E-state index contributed by atoms with van der Waals surface area (Å²) in [7, 11) is 0. The van der Waals surface area contributed by atoms with E-state index in [-0.39, 0.29) is 11.5 Å². The maximum atomic E-state index is 12.0. The fourth-order valence-corrected chi connectivity index (χ4v) is 4.35. The number of rotatable bonds is 4. The molecule has 5 nitrogen and oxygen atoms in total. The first-order valence-electron chi connectivity index (χ1n) is 7.72. The zero-order chi connectivity index (χ0) is 15.4. The summed E-state index contributed by atoms with van der Waals surface area (Å²) >= 11 is 0. The number of ether oxygens (including phenoxy) is 1. The topological polar surface area (TPSA) is 66.8 Å². The van der Waals surface area contributed by atoms with Gasteiger partial charge in [-0.15, -0.1) is 0 Å². The normalized spacial score (nSPS) is 32.5. The van der Waals surface area contributed by atoms with Crippen LogP contribution in [0, 0.1) is 16.7 Å². The fourth-order valence-electron chi connectivity index (χ4n) is 4.35. The number of nitrogens with zero attached hydrogens (tertiary/aromatic N) is 1. The smallest absolute Gasteiger partial charge is 0.410 e. The van der Waals surface area contributed by atoms with E-state index in [0.717, 1.165) is 24.8 Å². The zero-order valence-electron chi connectivity index (χ0n) is 12.3. The second-order valence-electron chi connectivity index (χ2n) is 7.12. The monoisotopic (exact) mass is 301 g/mol. The number of hydrogen-bond acceptors (Lipinski definition) is 3. The summed E-state index contributed by atoms with van der Waals surface area (Å²) in [5.74, 6) is -0.189. The predicted molar refractivity (Wildman–Crippen MR) is 78.0 cm³/mol. The second kappa shape index (κ2) is 4.48. The lowest BCUT2D eigenvalue weighted by Crippen LogP contribution is -2.73. The van der Waals surface area contributed by atoms with Crippen LogP contribution in [0.25, 0.3) is 0 Å². The summed E-state index contributed by atoms with van der Waals surface area (Å²) in [6.07, 6.45) is 2.13. The van der Waals surface area contributed by atoms with Crippen molar-refractivity contribution in [3.63, 3.8) is 0 Å². The summed E-state index contributed by atoms with van der Waals surface area (Å²) in [4.78, 5) is 24.8. The highest BCUT2D eigenvalue weighted by atomic mass is 16.6. The van der Waals surface area contributed by atoms with Gasteiger partial charge in [-0.1, -0.05) is 30.3 Å². The Kier molecular flexibility index (Phi) is 2.77. The number of aliphatic carboxylic acids is 1. The molecule has 0 aromatic heterocycles. The molecule has 2 bridgehead atoms. The van der Waals surface area contributed by atoms with Gasteiger partial charge in [-0.25, -0.2) is 4.79 Å². The van der Waals surface area contributed by atoms with E-state index >= 15 is 0 Å². The first kappa shape index (κ1) is 13.6. The van der Waals surface area contributed by atoms with Crippen molar-refractivity contribution in [3.05, 3.63) is 35.9 Å². The van der Waals surface area contributed by atoms with Crippen molar-refractivity contribution in [2.24, 2.45) is 16.7 Å². The molecular formula is C17H19NO4. The van der Waals surface area contributed by atoms with E-state index in [1.807, 2.05) is 30.3 Å². The third-order valence-electron chi connectivity index (χ3n) is 5.74. The number of carboxylic acids is 1. The van der Waals surface area contributed by atoms with Crippen LogP contribution in [0.15, 0.2) is 30.3 Å². The van der Waals surface area contributed by atoms with Gasteiger partial charge in [0.25, 0.3) is 0 Å². The van der Waals surface area contributed by atoms with Crippen molar-refractivity contribution in [1.29, 1.82) is 0 Å². The highest BCUT2D eigenvalue weighted by Crippen LogP contribution is 2.77. The quantitative estimate of drug-likeness (QED) is 0.928. The molecule has 22 heavy (non-hydrogen) atoms. The minimum Gasteiger partial charge on any atom is -0.481 e. The van der Waals surface area contributed by atoms with Gasteiger partial charge in [0.15, 0.2) is 0 Å². The molecule has 4 fully saturated rings. The molecule has 1 amide bonds. The van der Waals surface area contributed by atoms with Gasteiger partial charge in [0.2, 0.25) is 0 Å². The van der Waals surface area contributed by atoms with Crippen molar-refractivity contribution in [2.75, 3.05) is 13.1 Å². The molecule has 0 spiro atoms. The molecule has 0 atom stereocenters. The molecule has 5 heteroatoms. The van der Waals surface area contributed by atoms with E-state index in [1.54, 1.807) is 4.90 Å². The summed E-state index contributed by atoms with van der Waals surface area (Å²) in [6.45, 7) is 1.72. The highest BCUT2D eigenvalue weighted by molar-refractivity contribution is 5.79. The Bertz CT molecular complexity index is 601. The third-order valence-corrected chi connectivity index (χ3v) is 5.74. The maximum absolute atomic E-state index is 12.0. The van der Waals surface area contributed by atoms with Crippen LogP contribution in [-0.4, -0.2) is 35.2 Å². The Morgan fingerprint density at radius 2 is 1.82 bits per heavy atom. The summed E-state index contributed by atoms with van der Waals surface area (Å²) < 4.78 is 5.31. The number of amides is 1. The molecule has 5 rings (SSSR count). The number of carboxylic acid groups (broad SMARTS) is 1. The van der Waals surface area contributed by atoms with Crippen molar-refractivity contribution >= 4 is 12.1 Å². The zero-order valence-corrected chi connectivity index (χ0v) is 12.3. The summed E-state index contributed by atoms with van der Waals surface area (Å²) in [6, 6.07) is 9.63. The number of hydrogen-bond donors (Lipinski definition) is 1. The van der Waals surface area contributed by atoms with E-state index in [4.69, 9.17) is 9.84 Å². The molecule has 4 aliphatic rings. The summed E-state index contributed by atoms with van der Waals surface area (Å²) in [5, 5.41) is 9.15. The van der Waals surface area contributed by atoms with Gasteiger partial charge >= 0.3 is 12.1 Å². The highest BCUT2D eigenvalue weighted by Gasteiger charge is 2.75. The molecule has 1 N–H and O–H groups in total. The molecule has 1 aromatic carbocycles. The lowest BCUT2D eigenvalue weighted by atomic mass is 9.31. The number of carbonyl (C=O) groups is 2. The third kappa shape index (κ3) is 1.84. The fraction of sp³-hybridized carbons (Fsp3) is 0.529. The first-order valence-corrected chi connectivity index (χ1v) is 7.72. The number of carbonyl (C=O) groups excluding carboxylic acids is 1. The Morgan fingerprint density at radius 3 is 2.41 bits per heavy atom. The van der Waals surface area contributed by atoms with Crippen LogP contribution in [0.1, 0.15) is 24.8 Å². The molecule has 0 unspecified atom stereocenters. The van der Waals surface area contributed by atoms with Gasteiger partial charge in [0, 0.05) is 19.0 Å². The number of benzene rings is 1. The Labute approximate surface area is 128 Å². The molecular weight excluding hydrogens is 282 g/mol. The van der Waals surface area contributed by atoms with Crippen LogP contribution in [0.3, 0.4) is 0 Å². The van der Waals surface area contributed by atoms with Gasteiger partial charge in [0.05, 0.1) is 5.41 Å². The van der Waals surface area contributed by atoms with E-state index in [2.05, 4.69) is 0 Å². The maximum Gasteiger partial charge on any atom is 0.410 e.